The third kappa shape index (κ3) is 4.60. The molecule has 1 fully saturated rings. The second kappa shape index (κ2) is 7.11. The van der Waals surface area contributed by atoms with Crippen molar-refractivity contribution >= 4 is 12.0 Å². The quantitative estimate of drug-likeness (QED) is 0.716. The number of hydroxylamine groups is 1. The van der Waals surface area contributed by atoms with E-state index in [4.69, 9.17) is 5.11 Å². The lowest BCUT2D eigenvalue weighted by Gasteiger charge is -2.33. The van der Waals surface area contributed by atoms with E-state index in [0.29, 0.717) is 6.54 Å². The molecule has 98 valence electrons. The Morgan fingerprint density at radius 3 is 2.53 bits per heavy atom. The second-order valence-corrected chi connectivity index (χ2v) is 4.17. The molecule has 2 N–H and O–H groups in total. The van der Waals surface area contributed by atoms with E-state index in [2.05, 4.69) is 10.3 Å². The van der Waals surface area contributed by atoms with Crippen LogP contribution in [0.2, 0.25) is 0 Å². The monoisotopic (exact) mass is 244 g/mol. The Morgan fingerprint density at radius 2 is 2.00 bits per heavy atom. The van der Waals surface area contributed by atoms with Crippen molar-refractivity contribution in [1.82, 2.24) is 10.4 Å². The summed E-state index contributed by atoms with van der Waals surface area (Å²) in [6.45, 7) is 1.99. The molecule has 0 atom stereocenters. The van der Waals surface area contributed by atoms with Crippen molar-refractivity contribution in [3.8, 4) is 0 Å². The third-order valence-electron chi connectivity index (χ3n) is 2.97. The highest BCUT2D eigenvalue weighted by molar-refractivity contribution is 5.74. The number of rotatable bonds is 5. The minimum Gasteiger partial charge on any atom is -0.479 e. The average molecular weight is 244 g/mol. The summed E-state index contributed by atoms with van der Waals surface area (Å²) in [5, 5.41) is 8.38. The van der Waals surface area contributed by atoms with Crippen LogP contribution in [0, 0.1) is 0 Å². The van der Waals surface area contributed by atoms with Gasteiger partial charge >= 0.3 is 12.0 Å². The van der Waals surface area contributed by atoms with Crippen molar-refractivity contribution in [3.63, 3.8) is 0 Å². The number of nitrogens with one attached hydrogen (secondary N) is 1. The predicted molar refractivity (Wildman–Crippen MR) is 61.4 cm³/mol. The summed E-state index contributed by atoms with van der Waals surface area (Å²) >= 11 is 0. The van der Waals surface area contributed by atoms with Crippen LogP contribution in [-0.4, -0.2) is 41.2 Å². The Labute approximate surface area is 101 Å². The number of carboxylic acids is 1. The number of hydrogen-bond donors (Lipinski definition) is 2. The molecule has 0 radical (unpaired) electrons. The molecule has 0 aromatic carbocycles. The number of carboxylic acid groups (broad SMARTS) is 1. The van der Waals surface area contributed by atoms with Crippen LogP contribution in [0.4, 0.5) is 4.79 Å². The van der Waals surface area contributed by atoms with Gasteiger partial charge in [0.05, 0.1) is 0 Å². The fourth-order valence-corrected chi connectivity index (χ4v) is 2.18. The van der Waals surface area contributed by atoms with Gasteiger partial charge in [-0.1, -0.05) is 19.3 Å². The van der Waals surface area contributed by atoms with Crippen molar-refractivity contribution in [2.75, 3.05) is 13.2 Å². The summed E-state index contributed by atoms with van der Waals surface area (Å²) in [5.74, 6) is -1.11. The first-order valence-corrected chi connectivity index (χ1v) is 6.05. The highest BCUT2D eigenvalue weighted by atomic mass is 16.7. The van der Waals surface area contributed by atoms with Crippen molar-refractivity contribution < 1.29 is 19.5 Å². The maximum atomic E-state index is 11.8. The maximum absolute atomic E-state index is 11.8. The van der Waals surface area contributed by atoms with E-state index in [0.717, 1.165) is 25.7 Å². The lowest BCUT2D eigenvalue weighted by molar-refractivity contribution is -0.144. The fraction of sp³-hybridized carbons (Fsp3) is 0.818. The van der Waals surface area contributed by atoms with E-state index in [9.17, 15) is 9.59 Å². The predicted octanol–water partition coefficient (Wildman–Crippen LogP) is 1.37. The number of carbonyl (C=O) groups excluding carboxylic acids is 1. The highest BCUT2D eigenvalue weighted by Gasteiger charge is 2.24. The number of urea groups is 1. The SMILES string of the molecule is CCN(C(=O)NOCC(=O)O)C1CCCCC1. The van der Waals surface area contributed by atoms with Crippen LogP contribution in [-0.2, 0) is 9.63 Å². The molecule has 17 heavy (non-hydrogen) atoms. The van der Waals surface area contributed by atoms with Gasteiger partial charge in [0, 0.05) is 12.6 Å². The van der Waals surface area contributed by atoms with Crippen LogP contribution in [0.5, 0.6) is 0 Å². The minimum absolute atomic E-state index is 0.252. The fourth-order valence-electron chi connectivity index (χ4n) is 2.18. The molecule has 0 aromatic rings. The molecule has 6 nitrogen and oxygen atoms in total. The largest absolute Gasteiger partial charge is 0.479 e. The Kier molecular flexibility index (Phi) is 5.76. The summed E-state index contributed by atoms with van der Waals surface area (Å²) in [7, 11) is 0. The molecular formula is C11H20N2O4. The highest BCUT2D eigenvalue weighted by Crippen LogP contribution is 2.22. The molecule has 1 aliphatic carbocycles. The molecule has 0 unspecified atom stereocenters. The summed E-state index contributed by atoms with van der Waals surface area (Å²) < 4.78 is 0. The van der Waals surface area contributed by atoms with Gasteiger partial charge in [-0.05, 0) is 19.8 Å². The van der Waals surface area contributed by atoms with Gasteiger partial charge in [-0.15, -0.1) is 0 Å². The maximum Gasteiger partial charge on any atom is 0.341 e. The number of carbonyl (C=O) groups is 2. The standard InChI is InChI=1S/C11H20N2O4/c1-2-13(9-6-4-3-5-7-9)11(16)12-17-8-10(14)15/h9H,2-8H2,1H3,(H,12,16)(H,14,15). The van der Waals surface area contributed by atoms with Crippen LogP contribution in [0.25, 0.3) is 0 Å². The van der Waals surface area contributed by atoms with Crippen LogP contribution >= 0.6 is 0 Å². The summed E-state index contributed by atoms with van der Waals surface area (Å²) in [4.78, 5) is 28.3. The zero-order chi connectivity index (χ0) is 12.7. The summed E-state index contributed by atoms with van der Waals surface area (Å²) in [6, 6.07) is -0.0946. The zero-order valence-electron chi connectivity index (χ0n) is 10.1. The van der Waals surface area contributed by atoms with Gasteiger partial charge < -0.3 is 10.0 Å². The van der Waals surface area contributed by atoms with Gasteiger partial charge in [0.15, 0.2) is 6.61 Å². The smallest absolute Gasteiger partial charge is 0.341 e. The molecular weight excluding hydrogens is 224 g/mol. The Balaban J connectivity index is 2.37. The first-order chi connectivity index (χ1) is 8.15. The molecule has 0 aliphatic heterocycles. The Hall–Kier alpha value is -1.30. The number of aliphatic carboxylic acids is 1. The van der Waals surface area contributed by atoms with E-state index < -0.39 is 12.6 Å². The van der Waals surface area contributed by atoms with Gasteiger partial charge in [0.25, 0.3) is 0 Å². The van der Waals surface area contributed by atoms with Crippen molar-refractivity contribution in [2.45, 2.75) is 45.1 Å². The molecule has 1 rings (SSSR count). The van der Waals surface area contributed by atoms with Gasteiger partial charge in [0.1, 0.15) is 0 Å². The first kappa shape index (κ1) is 13.8. The zero-order valence-corrected chi connectivity index (χ0v) is 10.1. The molecule has 2 amide bonds. The number of nitrogens with zero attached hydrogens (tertiary/aromatic N) is 1. The van der Waals surface area contributed by atoms with E-state index in [1.54, 1.807) is 4.90 Å². The molecule has 6 heteroatoms. The summed E-state index contributed by atoms with van der Waals surface area (Å²) in [5.41, 5.74) is 2.17. The number of hydrogen-bond acceptors (Lipinski definition) is 3. The van der Waals surface area contributed by atoms with Gasteiger partial charge in [-0.2, -0.15) is 0 Å². The first-order valence-electron chi connectivity index (χ1n) is 6.05. The topological polar surface area (TPSA) is 78.9 Å². The van der Waals surface area contributed by atoms with Crippen LogP contribution in [0.3, 0.4) is 0 Å². The average Bonchev–Trinajstić information content (AvgIpc) is 2.31. The normalized spacial score (nSPS) is 16.5. The van der Waals surface area contributed by atoms with Gasteiger partial charge in [-0.3, -0.25) is 4.84 Å². The van der Waals surface area contributed by atoms with Crippen molar-refractivity contribution in [1.29, 1.82) is 0 Å². The van der Waals surface area contributed by atoms with Crippen LogP contribution in [0.15, 0.2) is 0 Å². The van der Waals surface area contributed by atoms with Crippen LogP contribution < -0.4 is 5.48 Å². The lowest BCUT2D eigenvalue weighted by atomic mass is 9.94. The molecule has 0 aromatic heterocycles. The molecule has 0 bridgehead atoms. The second-order valence-electron chi connectivity index (χ2n) is 4.17. The van der Waals surface area contributed by atoms with E-state index >= 15 is 0 Å². The van der Waals surface area contributed by atoms with E-state index in [1.807, 2.05) is 6.92 Å². The summed E-state index contributed by atoms with van der Waals surface area (Å²) in [6.07, 6.45) is 5.54. The van der Waals surface area contributed by atoms with Gasteiger partial charge in [-0.25, -0.2) is 15.1 Å². The molecule has 1 saturated carbocycles. The molecule has 0 spiro atoms. The van der Waals surface area contributed by atoms with Crippen LogP contribution in [0.1, 0.15) is 39.0 Å². The number of amides is 2. The molecule has 1 aliphatic rings. The Bertz CT molecular complexity index is 264. The molecule has 0 heterocycles. The van der Waals surface area contributed by atoms with Crippen molar-refractivity contribution in [2.24, 2.45) is 0 Å². The van der Waals surface area contributed by atoms with Gasteiger partial charge in [0.2, 0.25) is 0 Å². The van der Waals surface area contributed by atoms with E-state index in [-0.39, 0.29) is 12.1 Å². The Morgan fingerprint density at radius 1 is 1.35 bits per heavy atom. The minimum atomic E-state index is -1.11. The third-order valence-corrected chi connectivity index (χ3v) is 2.97. The van der Waals surface area contributed by atoms with E-state index in [1.165, 1.54) is 6.42 Å². The molecule has 0 saturated heterocycles. The lowest BCUT2D eigenvalue weighted by Crippen LogP contribution is -2.47. The van der Waals surface area contributed by atoms with Crippen molar-refractivity contribution in [3.05, 3.63) is 0 Å².